The van der Waals surface area contributed by atoms with E-state index in [0.29, 0.717) is 54.5 Å². The summed E-state index contributed by atoms with van der Waals surface area (Å²) in [4.78, 5) is 75.6. The van der Waals surface area contributed by atoms with Crippen LogP contribution in [-0.4, -0.2) is 83.2 Å². The van der Waals surface area contributed by atoms with Crippen molar-refractivity contribution in [2.75, 3.05) is 6.54 Å². The van der Waals surface area contributed by atoms with Crippen LogP contribution in [0.2, 0.25) is 0 Å². The maximum Gasteiger partial charge on any atom is 0.408 e. The van der Waals surface area contributed by atoms with Crippen molar-refractivity contribution in [3.63, 3.8) is 0 Å². The Bertz CT molecular complexity index is 2110. The van der Waals surface area contributed by atoms with Gasteiger partial charge in [0.25, 0.3) is 5.91 Å². The first-order valence-electron chi connectivity index (χ1n) is 20.9. The lowest BCUT2D eigenvalue weighted by Crippen LogP contribution is -2.59. The summed E-state index contributed by atoms with van der Waals surface area (Å²) in [5, 5.41) is 5.70. The van der Waals surface area contributed by atoms with Crippen molar-refractivity contribution in [1.82, 2.24) is 25.2 Å². The number of hydrogen-bond acceptors (Lipinski definition) is 9. The molecule has 5 fully saturated rings. The molecule has 1 aromatic heterocycles. The van der Waals surface area contributed by atoms with Crippen molar-refractivity contribution in [2.24, 2.45) is 17.8 Å². The lowest BCUT2D eigenvalue weighted by molar-refractivity contribution is -0.142. The molecule has 0 radical (unpaired) electrons. The second kappa shape index (κ2) is 15.4. The highest BCUT2D eigenvalue weighted by molar-refractivity contribution is 7.91. The average molecular weight is 806 g/mol. The number of hydrogen-bond donors (Lipinski definition) is 4. The van der Waals surface area contributed by atoms with E-state index in [9.17, 15) is 32.4 Å². The van der Waals surface area contributed by atoms with Gasteiger partial charge in [0.2, 0.25) is 21.8 Å². The number of nitrogens with zero attached hydrogens (tertiary/aromatic N) is 1. The number of pyridine rings is 1. The van der Waals surface area contributed by atoms with E-state index in [1.54, 1.807) is 6.07 Å². The maximum atomic E-state index is 14.9. The van der Waals surface area contributed by atoms with E-state index in [1.807, 2.05) is 25.1 Å². The van der Waals surface area contributed by atoms with E-state index in [0.717, 1.165) is 57.8 Å². The first-order valence-corrected chi connectivity index (χ1v) is 22.5. The molecule has 57 heavy (non-hydrogen) atoms. The van der Waals surface area contributed by atoms with Crippen LogP contribution in [0.15, 0.2) is 41.7 Å². The van der Waals surface area contributed by atoms with Gasteiger partial charge in [0.15, 0.2) is 11.3 Å². The van der Waals surface area contributed by atoms with Crippen LogP contribution in [0.4, 0.5) is 4.79 Å². The lowest BCUT2D eigenvalue weighted by Gasteiger charge is -2.35. The van der Waals surface area contributed by atoms with Gasteiger partial charge in [0.05, 0.1) is 22.9 Å². The topological polar surface area (TPSA) is 193 Å². The summed E-state index contributed by atoms with van der Waals surface area (Å²) in [6.07, 6.45) is 10.8. The van der Waals surface area contributed by atoms with E-state index in [4.69, 9.17) is 9.47 Å². The molecule has 3 heterocycles. The summed E-state index contributed by atoms with van der Waals surface area (Å²) in [5.41, 5.74) is -1.27. The van der Waals surface area contributed by atoms with Gasteiger partial charge in [-0.2, -0.15) is 0 Å². The van der Waals surface area contributed by atoms with E-state index >= 15 is 0 Å². The Hall–Kier alpha value is -4.40. The molecule has 4 N–H and O–H groups in total. The van der Waals surface area contributed by atoms with Gasteiger partial charge in [-0.3, -0.25) is 23.9 Å². The molecule has 308 valence electrons. The van der Waals surface area contributed by atoms with E-state index in [2.05, 4.69) is 26.9 Å². The van der Waals surface area contributed by atoms with Crippen LogP contribution in [0.25, 0.3) is 10.9 Å². The minimum atomic E-state index is -3.91. The fourth-order valence-corrected chi connectivity index (χ4v) is 11.4. The molecule has 4 aliphatic carbocycles. The van der Waals surface area contributed by atoms with E-state index in [1.165, 1.54) is 11.0 Å². The predicted molar refractivity (Wildman–Crippen MR) is 212 cm³/mol. The number of aromatic amines is 1. The number of rotatable bonds is 7. The lowest BCUT2D eigenvalue weighted by atomic mass is 9.87. The number of para-hydroxylation sites is 1. The molecule has 8 rings (SSSR count). The smallest absolute Gasteiger partial charge is 0.408 e. The van der Waals surface area contributed by atoms with Gasteiger partial charge in [0, 0.05) is 17.7 Å². The fraction of sp³-hybridized carbons (Fsp3) is 0.643. The Morgan fingerprint density at radius 3 is 2.46 bits per heavy atom. The highest BCUT2D eigenvalue weighted by Gasteiger charge is 2.62. The Kier molecular flexibility index (Phi) is 10.7. The first-order chi connectivity index (χ1) is 27.3. The maximum absolute atomic E-state index is 14.9. The second-order valence-electron chi connectivity index (χ2n) is 17.5. The van der Waals surface area contributed by atoms with Crippen molar-refractivity contribution in [1.29, 1.82) is 0 Å². The summed E-state index contributed by atoms with van der Waals surface area (Å²) in [7, 11) is -3.91. The molecule has 1 aromatic carbocycles. The number of fused-ring (bicyclic) bond motifs is 5. The van der Waals surface area contributed by atoms with Crippen LogP contribution in [-0.2, 0) is 35.6 Å². The van der Waals surface area contributed by atoms with Crippen LogP contribution in [0.3, 0.4) is 0 Å². The van der Waals surface area contributed by atoms with Gasteiger partial charge < -0.3 is 30.0 Å². The standard InChI is InChI=1S/C42H55N5O9S/c1-3-26-23-42(26,39(51)46-57(53,54)29-19-20-29)45-36(49)33-22-28-24-47(33)38(50)34(25-12-7-8-13-25)44-40(52)56-41(2)21-11-15-27(41)14-5-4-6-17-31-35(48)30-16-9-10-18-32(30)43-37(31)55-28/h3,9-10,16,18,25-29,33-34H,1,4-8,11-15,17,19-24H2,2H3,(H,43,48)(H,44,52)(H,45,49)(H,46,51). The first kappa shape index (κ1) is 39.4. The number of nitrogens with one attached hydrogen (secondary N) is 4. The summed E-state index contributed by atoms with van der Waals surface area (Å²) in [6, 6.07) is 5.12. The number of aromatic nitrogens is 1. The normalized spacial score (nSPS) is 32.5. The van der Waals surface area contributed by atoms with Crippen molar-refractivity contribution in [2.45, 2.75) is 144 Å². The molecule has 14 nitrogen and oxygen atoms in total. The SMILES string of the molecule is C=CC1CC1(NC(=O)C1CC2CN1C(=O)C(C1CCCC1)NC(=O)OC1(C)CCCC1CCCCCc1c([nH]c3ccccc3c1=O)O2)C(=O)NS(=O)(=O)C1CC1. The molecule has 6 aliphatic rings. The largest absolute Gasteiger partial charge is 0.473 e. The highest BCUT2D eigenvalue weighted by atomic mass is 32.2. The number of sulfonamides is 1. The molecule has 2 aliphatic heterocycles. The minimum Gasteiger partial charge on any atom is -0.473 e. The zero-order valence-electron chi connectivity index (χ0n) is 32.7. The van der Waals surface area contributed by atoms with Gasteiger partial charge >= 0.3 is 6.09 Å². The van der Waals surface area contributed by atoms with E-state index in [-0.39, 0.29) is 36.7 Å². The van der Waals surface area contributed by atoms with Gasteiger partial charge in [-0.15, -0.1) is 6.58 Å². The number of benzene rings is 1. The number of carbonyl (C=O) groups is 4. The number of alkyl carbamates (subject to hydrolysis) is 1. The summed E-state index contributed by atoms with van der Waals surface area (Å²) in [5.74, 6) is -2.20. The number of carbonyl (C=O) groups excluding carboxylic acids is 4. The van der Waals surface area contributed by atoms with Gasteiger partial charge in [-0.25, -0.2) is 13.2 Å². The fourth-order valence-electron chi connectivity index (χ4n) is 10.0. The number of amides is 4. The number of ether oxygens (including phenoxy) is 2. The van der Waals surface area contributed by atoms with Gasteiger partial charge in [-0.1, -0.05) is 43.9 Å². The van der Waals surface area contributed by atoms with E-state index < -0.39 is 74.3 Å². The Labute approximate surface area is 333 Å². The third kappa shape index (κ3) is 7.80. The molecule has 2 aromatic rings. The monoisotopic (exact) mass is 805 g/mol. The molecule has 4 amide bonds. The molecule has 15 heteroatoms. The van der Waals surface area contributed by atoms with Crippen molar-refractivity contribution in [3.8, 4) is 5.88 Å². The van der Waals surface area contributed by atoms with Crippen LogP contribution in [0, 0.1) is 17.8 Å². The Morgan fingerprint density at radius 1 is 0.982 bits per heavy atom. The van der Waals surface area contributed by atoms with Crippen LogP contribution in [0.1, 0.15) is 109 Å². The highest BCUT2D eigenvalue weighted by Crippen LogP contribution is 2.46. The second-order valence-corrected chi connectivity index (χ2v) is 19.5. The van der Waals surface area contributed by atoms with Gasteiger partial charge in [-0.05, 0) is 102 Å². The molecule has 7 unspecified atom stereocenters. The van der Waals surface area contributed by atoms with Crippen LogP contribution < -0.4 is 25.5 Å². The average Bonchev–Trinajstić information content (AvgIpc) is 3.99. The van der Waals surface area contributed by atoms with Crippen LogP contribution >= 0.6 is 0 Å². The summed E-state index contributed by atoms with van der Waals surface area (Å²) < 4.78 is 40.6. The molecular weight excluding hydrogens is 751 g/mol. The van der Waals surface area contributed by atoms with Gasteiger partial charge in [0.1, 0.15) is 29.3 Å². The van der Waals surface area contributed by atoms with Crippen molar-refractivity contribution in [3.05, 3.63) is 52.7 Å². The quantitative estimate of drug-likeness (QED) is 0.292. The Morgan fingerprint density at radius 2 is 1.72 bits per heavy atom. The third-order valence-corrected chi connectivity index (χ3v) is 15.5. The third-order valence-electron chi connectivity index (χ3n) is 13.7. The van der Waals surface area contributed by atoms with Crippen molar-refractivity contribution >= 4 is 44.7 Å². The Balaban J connectivity index is 1.14. The predicted octanol–water partition coefficient (Wildman–Crippen LogP) is 4.51. The van der Waals surface area contributed by atoms with Crippen LogP contribution in [0.5, 0.6) is 5.88 Å². The summed E-state index contributed by atoms with van der Waals surface area (Å²) >= 11 is 0. The zero-order chi connectivity index (χ0) is 40.1. The molecule has 7 atom stereocenters. The minimum absolute atomic E-state index is 0.0181. The molecule has 4 saturated carbocycles. The molecule has 2 bridgehead atoms. The summed E-state index contributed by atoms with van der Waals surface area (Å²) in [6.45, 7) is 5.75. The zero-order valence-corrected chi connectivity index (χ0v) is 33.5. The molecular formula is C42H55N5O9S. The molecule has 0 spiro atoms. The number of H-pyrrole nitrogens is 1. The molecule has 1 saturated heterocycles. The van der Waals surface area contributed by atoms with Crippen molar-refractivity contribution < 1.29 is 37.1 Å².